The third-order valence-corrected chi connectivity index (χ3v) is 3.12. The Kier molecular flexibility index (Phi) is 7.57. The van der Waals surface area contributed by atoms with Crippen molar-refractivity contribution in [3.05, 3.63) is 34.9 Å². The predicted octanol–water partition coefficient (Wildman–Crippen LogP) is 4.05. The van der Waals surface area contributed by atoms with Crippen LogP contribution >= 0.6 is 11.6 Å². The maximum Gasteiger partial charge on any atom is 0.0406 e. The van der Waals surface area contributed by atoms with Gasteiger partial charge in [-0.15, -0.1) is 11.8 Å². The van der Waals surface area contributed by atoms with E-state index >= 15 is 0 Å². The van der Waals surface area contributed by atoms with Crippen LogP contribution in [-0.4, -0.2) is 12.6 Å². The van der Waals surface area contributed by atoms with Gasteiger partial charge in [0.2, 0.25) is 0 Å². The monoisotopic (exact) mass is 263 g/mol. The van der Waals surface area contributed by atoms with Crippen molar-refractivity contribution in [2.75, 3.05) is 6.54 Å². The molecular weight excluding hydrogens is 242 g/mol. The quantitative estimate of drug-likeness (QED) is 0.732. The fraction of sp³-hybridized carbons (Fsp3) is 0.500. The highest BCUT2D eigenvalue weighted by molar-refractivity contribution is 6.30. The zero-order valence-electron chi connectivity index (χ0n) is 11.3. The lowest BCUT2D eigenvalue weighted by atomic mass is 10.0. The normalized spacial score (nSPS) is 11.7. The summed E-state index contributed by atoms with van der Waals surface area (Å²) in [6.45, 7) is 5.16. The van der Waals surface area contributed by atoms with Crippen molar-refractivity contribution in [2.45, 2.75) is 45.6 Å². The highest BCUT2D eigenvalue weighted by atomic mass is 35.5. The number of halogens is 1. The summed E-state index contributed by atoms with van der Waals surface area (Å²) in [4.78, 5) is 0. The second-order valence-electron chi connectivity index (χ2n) is 4.45. The second kappa shape index (κ2) is 9.03. The van der Waals surface area contributed by atoms with Gasteiger partial charge in [0.05, 0.1) is 0 Å². The lowest BCUT2D eigenvalue weighted by Gasteiger charge is -2.17. The summed E-state index contributed by atoms with van der Waals surface area (Å²) in [5.74, 6) is 6.09. The van der Waals surface area contributed by atoms with E-state index in [1.807, 2.05) is 19.1 Å². The summed E-state index contributed by atoms with van der Waals surface area (Å²) in [7, 11) is 0. The molecule has 0 aliphatic heterocycles. The van der Waals surface area contributed by atoms with E-state index in [4.69, 9.17) is 11.6 Å². The summed E-state index contributed by atoms with van der Waals surface area (Å²) in [5, 5.41) is 4.39. The molecule has 0 bridgehead atoms. The van der Waals surface area contributed by atoms with E-state index in [2.05, 4.69) is 36.2 Å². The van der Waals surface area contributed by atoms with Crippen molar-refractivity contribution in [1.29, 1.82) is 0 Å². The lowest BCUT2D eigenvalue weighted by molar-refractivity contribution is 0.483. The third kappa shape index (κ3) is 6.10. The van der Waals surface area contributed by atoms with Crippen molar-refractivity contribution in [3.8, 4) is 11.8 Å². The van der Waals surface area contributed by atoms with Gasteiger partial charge < -0.3 is 5.32 Å². The first-order chi connectivity index (χ1) is 8.76. The van der Waals surface area contributed by atoms with Crippen molar-refractivity contribution >= 4 is 11.6 Å². The van der Waals surface area contributed by atoms with Crippen LogP contribution in [0.3, 0.4) is 0 Å². The van der Waals surface area contributed by atoms with Gasteiger partial charge in [0.1, 0.15) is 0 Å². The first-order valence-corrected chi connectivity index (χ1v) is 7.01. The average Bonchev–Trinajstić information content (AvgIpc) is 2.38. The van der Waals surface area contributed by atoms with Crippen LogP contribution in [0.5, 0.6) is 0 Å². The maximum absolute atomic E-state index is 5.90. The van der Waals surface area contributed by atoms with Gasteiger partial charge in [-0.25, -0.2) is 0 Å². The average molecular weight is 264 g/mol. The van der Waals surface area contributed by atoms with Crippen LogP contribution in [0.1, 0.15) is 38.7 Å². The number of hydrogen-bond donors (Lipinski definition) is 1. The molecule has 1 atom stereocenters. The molecule has 0 aliphatic carbocycles. The molecule has 0 saturated heterocycles. The Hall–Kier alpha value is -0.970. The number of benzene rings is 1. The van der Waals surface area contributed by atoms with Gasteiger partial charge in [0.25, 0.3) is 0 Å². The number of nitrogens with one attached hydrogen (secondary N) is 1. The highest BCUT2D eigenvalue weighted by Crippen LogP contribution is 2.12. The molecule has 1 N–H and O–H groups in total. The van der Waals surface area contributed by atoms with Gasteiger partial charge >= 0.3 is 0 Å². The topological polar surface area (TPSA) is 12.0 Å². The van der Waals surface area contributed by atoms with Crippen LogP contribution in [0.25, 0.3) is 0 Å². The predicted molar refractivity (Wildman–Crippen MR) is 79.9 cm³/mol. The van der Waals surface area contributed by atoms with Crippen LogP contribution in [0.4, 0.5) is 0 Å². The molecule has 0 heterocycles. The molecule has 0 aromatic heterocycles. The molecule has 1 nitrogen and oxygen atoms in total. The summed E-state index contributed by atoms with van der Waals surface area (Å²) < 4.78 is 0. The van der Waals surface area contributed by atoms with E-state index in [9.17, 15) is 0 Å². The van der Waals surface area contributed by atoms with Gasteiger partial charge in [0.15, 0.2) is 0 Å². The Morgan fingerprint density at radius 3 is 2.61 bits per heavy atom. The summed E-state index contributed by atoms with van der Waals surface area (Å²) in [6.07, 6.45) is 4.27. The van der Waals surface area contributed by atoms with Crippen molar-refractivity contribution in [1.82, 2.24) is 5.32 Å². The van der Waals surface area contributed by atoms with Crippen LogP contribution in [0, 0.1) is 11.8 Å². The van der Waals surface area contributed by atoms with Gasteiger partial charge in [-0.05, 0) is 50.4 Å². The minimum Gasteiger partial charge on any atom is -0.314 e. The molecule has 1 aromatic carbocycles. The van der Waals surface area contributed by atoms with E-state index < -0.39 is 0 Å². The van der Waals surface area contributed by atoms with Gasteiger partial charge in [-0.1, -0.05) is 30.7 Å². The first-order valence-electron chi connectivity index (χ1n) is 6.63. The smallest absolute Gasteiger partial charge is 0.0406 e. The van der Waals surface area contributed by atoms with Crippen molar-refractivity contribution in [3.63, 3.8) is 0 Å². The van der Waals surface area contributed by atoms with Crippen LogP contribution < -0.4 is 5.32 Å². The summed E-state index contributed by atoms with van der Waals surface area (Å²) >= 11 is 5.90. The molecule has 0 radical (unpaired) electrons. The lowest BCUT2D eigenvalue weighted by Crippen LogP contribution is -2.31. The Morgan fingerprint density at radius 2 is 2.00 bits per heavy atom. The molecule has 0 fully saturated rings. The third-order valence-electron chi connectivity index (χ3n) is 2.87. The summed E-state index contributed by atoms with van der Waals surface area (Å²) in [5.41, 5.74) is 1.33. The number of hydrogen-bond acceptors (Lipinski definition) is 1. The van der Waals surface area contributed by atoms with E-state index in [-0.39, 0.29) is 0 Å². The zero-order chi connectivity index (χ0) is 13.2. The first kappa shape index (κ1) is 15.1. The fourth-order valence-corrected chi connectivity index (χ4v) is 2.03. The minimum atomic E-state index is 0.506. The molecular formula is C16H22ClN. The Bertz CT molecular complexity index is 386. The standard InChI is InChI=1S/C16H22ClN/c1-3-5-6-7-16(18-12-4-2)13-14-8-10-15(17)11-9-14/h8-11,16,18H,4,6-7,12-13H2,1-2H3. The second-order valence-corrected chi connectivity index (χ2v) is 4.88. The van der Waals surface area contributed by atoms with E-state index in [0.717, 1.165) is 37.3 Å². The number of rotatable bonds is 7. The van der Waals surface area contributed by atoms with Crippen LogP contribution in [0.2, 0.25) is 5.02 Å². The Morgan fingerprint density at radius 1 is 1.28 bits per heavy atom. The molecule has 2 heteroatoms. The fourth-order valence-electron chi connectivity index (χ4n) is 1.90. The Labute approximate surface area is 116 Å². The van der Waals surface area contributed by atoms with Crippen LogP contribution in [-0.2, 0) is 6.42 Å². The van der Waals surface area contributed by atoms with E-state index in [1.165, 1.54) is 5.56 Å². The van der Waals surface area contributed by atoms with Crippen LogP contribution in [0.15, 0.2) is 24.3 Å². The molecule has 1 unspecified atom stereocenters. The molecule has 0 amide bonds. The molecule has 0 aliphatic rings. The Balaban J connectivity index is 2.52. The molecule has 98 valence electrons. The molecule has 18 heavy (non-hydrogen) atoms. The molecule has 1 aromatic rings. The van der Waals surface area contributed by atoms with Gasteiger partial charge in [-0.2, -0.15) is 0 Å². The minimum absolute atomic E-state index is 0.506. The maximum atomic E-state index is 5.90. The zero-order valence-corrected chi connectivity index (χ0v) is 12.1. The van der Waals surface area contributed by atoms with Crippen molar-refractivity contribution < 1.29 is 0 Å². The highest BCUT2D eigenvalue weighted by Gasteiger charge is 2.07. The SMILES string of the molecule is CC#CCCC(Cc1ccc(Cl)cc1)NCCC. The van der Waals surface area contributed by atoms with Gasteiger partial charge in [0, 0.05) is 17.5 Å². The largest absolute Gasteiger partial charge is 0.314 e. The molecule has 1 rings (SSSR count). The molecule has 0 spiro atoms. The molecule has 0 saturated carbocycles. The van der Waals surface area contributed by atoms with Gasteiger partial charge in [-0.3, -0.25) is 0 Å². The van der Waals surface area contributed by atoms with Crippen molar-refractivity contribution in [2.24, 2.45) is 0 Å². The van der Waals surface area contributed by atoms with E-state index in [0.29, 0.717) is 6.04 Å². The summed E-state index contributed by atoms with van der Waals surface area (Å²) in [6, 6.07) is 8.63. The van der Waals surface area contributed by atoms with E-state index in [1.54, 1.807) is 0 Å².